The van der Waals surface area contributed by atoms with Gasteiger partial charge in [-0.1, -0.05) is 12.1 Å². The van der Waals surface area contributed by atoms with Crippen LogP contribution in [0.1, 0.15) is 22.8 Å². The molecule has 0 aliphatic carbocycles. The number of nitrogens with two attached hydrogens (primary N) is 1. The number of benzene rings is 1. The molecule has 0 aliphatic rings. The molecule has 1 heterocycles. The minimum Gasteiger partial charge on any atom is -0.491 e. The lowest BCUT2D eigenvalue weighted by Crippen LogP contribution is -2.24. The molecule has 2 aromatic rings. The van der Waals surface area contributed by atoms with Crippen molar-refractivity contribution in [1.29, 1.82) is 0 Å². The molecule has 0 saturated carbocycles. The van der Waals surface area contributed by atoms with E-state index in [0.717, 1.165) is 11.3 Å². The predicted octanol–water partition coefficient (Wildman–Crippen LogP) is 2.01. The molecule has 0 atom stereocenters. The van der Waals surface area contributed by atoms with Crippen molar-refractivity contribution in [2.45, 2.75) is 13.5 Å². The number of hydrogen-bond donors (Lipinski definition) is 2. The highest BCUT2D eigenvalue weighted by atomic mass is 16.5. The van der Waals surface area contributed by atoms with Gasteiger partial charge in [0.05, 0.1) is 12.2 Å². The average Bonchev–Trinajstić information content (AvgIpc) is 2.58. The molecule has 1 amide bonds. The number of aromatic nitrogens is 1. The smallest absolute Gasteiger partial charge is 0.255 e. The van der Waals surface area contributed by atoms with Gasteiger partial charge in [0.15, 0.2) is 0 Å². The minimum atomic E-state index is -0.243. The summed E-state index contributed by atoms with van der Waals surface area (Å²) in [6, 6.07) is 10.9. The number of pyridine rings is 1. The van der Waals surface area contributed by atoms with E-state index in [1.165, 1.54) is 0 Å². The first-order valence-corrected chi connectivity index (χ1v) is 7.49. The van der Waals surface area contributed by atoms with Crippen LogP contribution in [0.2, 0.25) is 0 Å². The Morgan fingerprint density at radius 3 is 2.70 bits per heavy atom. The Morgan fingerprint density at radius 2 is 2.00 bits per heavy atom. The van der Waals surface area contributed by atoms with Crippen molar-refractivity contribution >= 4 is 11.7 Å². The van der Waals surface area contributed by atoms with Crippen LogP contribution in [-0.4, -0.2) is 30.7 Å². The summed E-state index contributed by atoms with van der Waals surface area (Å²) < 4.78 is 10.7. The fraction of sp³-hybridized carbons (Fsp3) is 0.294. The number of nitrogen functional groups attached to an aromatic ring is 1. The maximum Gasteiger partial charge on any atom is 0.255 e. The third-order valence-corrected chi connectivity index (χ3v) is 3.16. The first-order valence-electron chi connectivity index (χ1n) is 7.49. The highest BCUT2D eigenvalue weighted by Gasteiger charge is 2.09. The summed E-state index contributed by atoms with van der Waals surface area (Å²) in [4.78, 5) is 15.9. The topological polar surface area (TPSA) is 86.5 Å². The van der Waals surface area contributed by atoms with Crippen molar-refractivity contribution in [3.63, 3.8) is 0 Å². The van der Waals surface area contributed by atoms with Crippen LogP contribution in [0.4, 0.5) is 5.82 Å². The molecule has 6 nitrogen and oxygen atoms in total. The molecule has 2 rings (SSSR count). The van der Waals surface area contributed by atoms with Crippen molar-refractivity contribution in [3.05, 3.63) is 53.7 Å². The standard InChI is InChI=1S/C17H21N3O3/c1-2-22-10-11-23-14-7-5-13(6-8-14)12-20-17(21)15-4-3-9-19-16(15)18/h3-9H,2,10-12H2,1H3,(H2,18,19)(H,20,21). The van der Waals surface area contributed by atoms with E-state index in [1.807, 2.05) is 31.2 Å². The van der Waals surface area contributed by atoms with Crippen LogP contribution >= 0.6 is 0 Å². The second kappa shape index (κ2) is 8.75. The van der Waals surface area contributed by atoms with Crippen LogP contribution in [-0.2, 0) is 11.3 Å². The molecular formula is C17H21N3O3. The highest BCUT2D eigenvalue weighted by Crippen LogP contribution is 2.12. The largest absolute Gasteiger partial charge is 0.491 e. The van der Waals surface area contributed by atoms with Gasteiger partial charge < -0.3 is 20.5 Å². The fourth-order valence-electron chi connectivity index (χ4n) is 1.95. The molecule has 23 heavy (non-hydrogen) atoms. The normalized spacial score (nSPS) is 10.3. The minimum absolute atomic E-state index is 0.225. The van der Waals surface area contributed by atoms with Crippen molar-refractivity contribution in [2.75, 3.05) is 25.6 Å². The molecule has 6 heteroatoms. The lowest BCUT2D eigenvalue weighted by atomic mass is 10.2. The summed E-state index contributed by atoms with van der Waals surface area (Å²) in [6.45, 7) is 4.13. The third-order valence-electron chi connectivity index (χ3n) is 3.16. The summed E-state index contributed by atoms with van der Waals surface area (Å²) in [7, 11) is 0. The monoisotopic (exact) mass is 315 g/mol. The first-order chi connectivity index (χ1) is 11.2. The Kier molecular flexibility index (Phi) is 6.38. The van der Waals surface area contributed by atoms with Gasteiger partial charge in [0.2, 0.25) is 0 Å². The van der Waals surface area contributed by atoms with E-state index >= 15 is 0 Å². The van der Waals surface area contributed by atoms with Crippen molar-refractivity contribution in [3.8, 4) is 5.75 Å². The molecule has 0 saturated heterocycles. The molecule has 0 unspecified atom stereocenters. The number of hydrogen-bond acceptors (Lipinski definition) is 5. The number of anilines is 1. The van der Waals surface area contributed by atoms with Gasteiger partial charge in [0.1, 0.15) is 18.2 Å². The zero-order valence-corrected chi connectivity index (χ0v) is 13.1. The molecule has 0 radical (unpaired) electrons. The highest BCUT2D eigenvalue weighted by molar-refractivity contribution is 5.98. The van der Waals surface area contributed by atoms with Crippen LogP contribution in [0.25, 0.3) is 0 Å². The number of nitrogens with one attached hydrogen (secondary N) is 1. The summed E-state index contributed by atoms with van der Waals surface area (Å²) >= 11 is 0. The number of rotatable bonds is 8. The second-order valence-corrected chi connectivity index (χ2v) is 4.81. The van der Waals surface area contributed by atoms with Gasteiger partial charge in [-0.2, -0.15) is 0 Å². The summed E-state index contributed by atoms with van der Waals surface area (Å²) in [6.07, 6.45) is 1.55. The van der Waals surface area contributed by atoms with E-state index in [2.05, 4.69) is 10.3 Å². The predicted molar refractivity (Wildman–Crippen MR) is 88.2 cm³/mol. The third kappa shape index (κ3) is 5.27. The van der Waals surface area contributed by atoms with Gasteiger partial charge in [-0.25, -0.2) is 4.98 Å². The summed E-state index contributed by atoms with van der Waals surface area (Å²) in [5, 5.41) is 2.82. The lowest BCUT2D eigenvalue weighted by molar-refractivity contribution is 0.0951. The zero-order valence-electron chi connectivity index (χ0n) is 13.1. The van der Waals surface area contributed by atoms with Gasteiger partial charge in [-0.15, -0.1) is 0 Å². The Morgan fingerprint density at radius 1 is 1.22 bits per heavy atom. The maximum absolute atomic E-state index is 12.0. The SMILES string of the molecule is CCOCCOc1ccc(CNC(=O)c2cccnc2N)cc1. The maximum atomic E-state index is 12.0. The number of nitrogens with zero attached hydrogens (tertiary/aromatic N) is 1. The molecule has 0 spiro atoms. The molecule has 3 N–H and O–H groups in total. The number of carbonyl (C=O) groups excluding carboxylic acids is 1. The van der Waals surface area contributed by atoms with E-state index in [-0.39, 0.29) is 11.7 Å². The molecule has 1 aromatic heterocycles. The molecule has 0 aliphatic heterocycles. The summed E-state index contributed by atoms with van der Waals surface area (Å²) in [5.41, 5.74) is 7.03. The molecule has 0 fully saturated rings. The van der Waals surface area contributed by atoms with Crippen LogP contribution in [0.5, 0.6) is 5.75 Å². The van der Waals surface area contributed by atoms with E-state index in [1.54, 1.807) is 18.3 Å². The Hall–Kier alpha value is -2.60. The zero-order chi connectivity index (χ0) is 16.5. The fourth-order valence-corrected chi connectivity index (χ4v) is 1.95. The van der Waals surface area contributed by atoms with Crippen LogP contribution in [0.15, 0.2) is 42.6 Å². The number of carbonyl (C=O) groups is 1. The Labute approximate surface area is 135 Å². The van der Waals surface area contributed by atoms with E-state index in [0.29, 0.717) is 31.9 Å². The van der Waals surface area contributed by atoms with Crippen molar-refractivity contribution < 1.29 is 14.3 Å². The van der Waals surface area contributed by atoms with Gasteiger partial charge in [-0.05, 0) is 36.8 Å². The molecule has 1 aromatic carbocycles. The second-order valence-electron chi connectivity index (χ2n) is 4.81. The van der Waals surface area contributed by atoms with Crippen molar-refractivity contribution in [2.24, 2.45) is 0 Å². The van der Waals surface area contributed by atoms with Crippen LogP contribution in [0, 0.1) is 0 Å². The first kappa shape index (κ1) is 16.8. The average molecular weight is 315 g/mol. The molecule has 0 bridgehead atoms. The van der Waals surface area contributed by atoms with Crippen molar-refractivity contribution in [1.82, 2.24) is 10.3 Å². The van der Waals surface area contributed by atoms with E-state index in [4.69, 9.17) is 15.2 Å². The van der Waals surface area contributed by atoms with Gasteiger partial charge in [0, 0.05) is 19.3 Å². The van der Waals surface area contributed by atoms with Crippen LogP contribution in [0.3, 0.4) is 0 Å². The van der Waals surface area contributed by atoms with E-state index in [9.17, 15) is 4.79 Å². The molecular weight excluding hydrogens is 294 g/mol. The molecule has 122 valence electrons. The number of amides is 1. The Bertz CT molecular complexity index is 629. The van der Waals surface area contributed by atoms with Gasteiger partial charge in [0.25, 0.3) is 5.91 Å². The quantitative estimate of drug-likeness (QED) is 0.728. The summed E-state index contributed by atoms with van der Waals surface area (Å²) in [5.74, 6) is 0.756. The van der Waals surface area contributed by atoms with E-state index < -0.39 is 0 Å². The van der Waals surface area contributed by atoms with Crippen LogP contribution < -0.4 is 15.8 Å². The van der Waals surface area contributed by atoms with Gasteiger partial charge in [-0.3, -0.25) is 4.79 Å². The lowest BCUT2D eigenvalue weighted by Gasteiger charge is -2.09. The van der Waals surface area contributed by atoms with Gasteiger partial charge >= 0.3 is 0 Å². The number of ether oxygens (including phenoxy) is 2. The Balaban J connectivity index is 1.82.